The van der Waals surface area contributed by atoms with Gasteiger partial charge in [0.2, 0.25) is 0 Å². The van der Waals surface area contributed by atoms with Crippen LogP contribution in [0.3, 0.4) is 0 Å². The molecule has 2 saturated heterocycles. The Bertz CT molecular complexity index is 692. The summed E-state index contributed by atoms with van der Waals surface area (Å²) in [6.07, 6.45) is 9.66. The first-order valence-corrected chi connectivity index (χ1v) is 9.76. The number of likely N-dealkylation sites (tertiary alicyclic amines) is 1. The van der Waals surface area contributed by atoms with E-state index in [0.717, 1.165) is 38.5 Å². The number of hydrogen-bond acceptors (Lipinski definition) is 4. The van der Waals surface area contributed by atoms with Crippen LogP contribution in [-0.2, 0) is 11.3 Å². The minimum atomic E-state index is 0.697. The number of imidazole rings is 1. The summed E-state index contributed by atoms with van der Waals surface area (Å²) in [4.78, 5) is 10.1. The molecule has 1 atom stereocenters. The molecule has 0 bridgehead atoms. The highest BCUT2D eigenvalue weighted by Crippen LogP contribution is 2.22. The number of rotatable bonds is 5. The number of hydrogen-bond donors (Lipinski definition) is 0. The summed E-state index contributed by atoms with van der Waals surface area (Å²) in [5.74, 6) is 0. The van der Waals surface area contributed by atoms with Gasteiger partial charge in [-0.25, -0.2) is 4.98 Å². The van der Waals surface area contributed by atoms with Gasteiger partial charge < -0.3 is 9.14 Å². The number of pyridine rings is 1. The van der Waals surface area contributed by atoms with E-state index < -0.39 is 0 Å². The quantitative estimate of drug-likeness (QED) is 0.836. The monoisotopic (exact) mass is 342 g/mol. The Morgan fingerprint density at radius 2 is 2.00 bits per heavy atom. The van der Waals surface area contributed by atoms with Crippen LogP contribution in [0.15, 0.2) is 24.5 Å². The van der Waals surface area contributed by atoms with E-state index in [1.54, 1.807) is 0 Å². The van der Waals surface area contributed by atoms with E-state index in [1.165, 1.54) is 50.0 Å². The van der Waals surface area contributed by atoms with Crippen molar-refractivity contribution in [3.8, 4) is 0 Å². The fourth-order valence-electron chi connectivity index (χ4n) is 4.19. The van der Waals surface area contributed by atoms with Crippen LogP contribution in [0.25, 0.3) is 5.65 Å². The molecule has 2 aromatic heterocycles. The summed E-state index contributed by atoms with van der Waals surface area (Å²) in [6, 6.07) is 4.95. The van der Waals surface area contributed by atoms with E-state index in [-0.39, 0.29) is 0 Å². The zero-order valence-electron chi connectivity index (χ0n) is 15.4. The van der Waals surface area contributed by atoms with Crippen LogP contribution in [-0.4, -0.2) is 64.6 Å². The molecular formula is C20H30N4O. The van der Waals surface area contributed by atoms with Gasteiger partial charge in [-0.05, 0) is 50.9 Å². The van der Waals surface area contributed by atoms with Crippen molar-refractivity contribution in [2.24, 2.45) is 0 Å². The molecule has 2 aliphatic heterocycles. The van der Waals surface area contributed by atoms with Crippen LogP contribution >= 0.6 is 0 Å². The molecule has 0 saturated carbocycles. The first-order chi connectivity index (χ1) is 12.3. The third kappa shape index (κ3) is 4.22. The van der Waals surface area contributed by atoms with Gasteiger partial charge in [-0.3, -0.25) is 9.80 Å². The van der Waals surface area contributed by atoms with Gasteiger partial charge in [0.05, 0.1) is 18.9 Å². The maximum absolute atomic E-state index is 5.47. The van der Waals surface area contributed by atoms with E-state index in [4.69, 9.17) is 9.72 Å². The minimum absolute atomic E-state index is 0.697. The largest absolute Gasteiger partial charge is 0.379 e. The third-order valence-corrected chi connectivity index (χ3v) is 5.65. The maximum atomic E-state index is 5.47. The van der Waals surface area contributed by atoms with Crippen molar-refractivity contribution in [3.63, 3.8) is 0 Å². The van der Waals surface area contributed by atoms with E-state index in [0.29, 0.717) is 6.04 Å². The molecule has 2 fully saturated rings. The van der Waals surface area contributed by atoms with Gasteiger partial charge in [0, 0.05) is 38.1 Å². The molecule has 5 heteroatoms. The molecule has 0 aliphatic carbocycles. The zero-order chi connectivity index (χ0) is 17.1. The summed E-state index contributed by atoms with van der Waals surface area (Å²) < 4.78 is 7.63. The lowest BCUT2D eigenvalue weighted by molar-refractivity contribution is 0.0301. The van der Waals surface area contributed by atoms with Gasteiger partial charge in [0.15, 0.2) is 0 Å². The van der Waals surface area contributed by atoms with E-state index in [2.05, 4.69) is 45.7 Å². The topological polar surface area (TPSA) is 33.0 Å². The Hall–Kier alpha value is -1.43. The van der Waals surface area contributed by atoms with E-state index in [9.17, 15) is 0 Å². The molecule has 0 spiro atoms. The van der Waals surface area contributed by atoms with Crippen molar-refractivity contribution in [1.29, 1.82) is 0 Å². The Kier molecular flexibility index (Phi) is 5.34. The van der Waals surface area contributed by atoms with Crippen molar-refractivity contribution < 1.29 is 4.74 Å². The number of aromatic nitrogens is 2. The Morgan fingerprint density at radius 3 is 2.88 bits per heavy atom. The summed E-state index contributed by atoms with van der Waals surface area (Å²) in [7, 11) is 0. The van der Waals surface area contributed by atoms with Gasteiger partial charge in [0.25, 0.3) is 0 Å². The first kappa shape index (κ1) is 17.0. The standard InChI is InChI=1S/C20H30N4O/c1-17-5-6-20-21-18(16-24(20)14-17)15-23-8-3-2-4-19(23)7-9-22-10-12-25-13-11-22/h5-6,14,16,19H,2-4,7-13,15H2,1H3/t19-/m1/s1. The highest BCUT2D eigenvalue weighted by atomic mass is 16.5. The average Bonchev–Trinajstić information content (AvgIpc) is 3.03. The fourth-order valence-corrected chi connectivity index (χ4v) is 4.19. The number of aryl methyl sites for hydroxylation is 1. The van der Waals surface area contributed by atoms with E-state index >= 15 is 0 Å². The number of fused-ring (bicyclic) bond motifs is 1. The molecule has 4 heterocycles. The van der Waals surface area contributed by atoms with Crippen LogP contribution in [0, 0.1) is 6.92 Å². The van der Waals surface area contributed by atoms with Crippen molar-refractivity contribution in [2.45, 2.75) is 45.2 Å². The smallest absolute Gasteiger partial charge is 0.137 e. The second kappa shape index (κ2) is 7.85. The number of nitrogens with zero attached hydrogens (tertiary/aromatic N) is 4. The molecule has 0 amide bonds. The number of morpholine rings is 1. The first-order valence-electron chi connectivity index (χ1n) is 9.76. The van der Waals surface area contributed by atoms with Crippen molar-refractivity contribution in [1.82, 2.24) is 19.2 Å². The van der Waals surface area contributed by atoms with Crippen LogP contribution in [0.1, 0.15) is 36.9 Å². The number of piperidine rings is 1. The Labute approximate surface area is 150 Å². The molecule has 5 nitrogen and oxygen atoms in total. The molecule has 2 aliphatic rings. The lowest BCUT2D eigenvalue weighted by atomic mass is 9.99. The van der Waals surface area contributed by atoms with Gasteiger partial charge >= 0.3 is 0 Å². The minimum Gasteiger partial charge on any atom is -0.379 e. The van der Waals surface area contributed by atoms with Crippen molar-refractivity contribution in [3.05, 3.63) is 35.8 Å². The second-order valence-electron chi connectivity index (χ2n) is 7.57. The van der Waals surface area contributed by atoms with Gasteiger partial charge in [-0.15, -0.1) is 0 Å². The second-order valence-corrected chi connectivity index (χ2v) is 7.57. The highest BCUT2D eigenvalue weighted by Gasteiger charge is 2.24. The Morgan fingerprint density at radius 1 is 1.12 bits per heavy atom. The average molecular weight is 342 g/mol. The summed E-state index contributed by atoms with van der Waals surface area (Å²) in [5.41, 5.74) is 3.53. The predicted octanol–water partition coefficient (Wildman–Crippen LogP) is 2.72. The van der Waals surface area contributed by atoms with Crippen molar-refractivity contribution in [2.75, 3.05) is 39.4 Å². The predicted molar refractivity (Wildman–Crippen MR) is 99.9 cm³/mol. The lowest BCUT2D eigenvalue weighted by Gasteiger charge is -2.37. The third-order valence-electron chi connectivity index (χ3n) is 5.65. The van der Waals surface area contributed by atoms with Gasteiger partial charge in [0.1, 0.15) is 5.65 Å². The number of ether oxygens (including phenoxy) is 1. The van der Waals surface area contributed by atoms with Gasteiger partial charge in [-0.1, -0.05) is 12.5 Å². The van der Waals surface area contributed by atoms with Crippen molar-refractivity contribution >= 4 is 5.65 Å². The SMILES string of the molecule is Cc1ccc2nc(CN3CCCC[C@@H]3CCN3CCOCC3)cn2c1. The van der Waals surface area contributed by atoms with Gasteiger partial charge in [-0.2, -0.15) is 0 Å². The molecule has 0 unspecified atom stereocenters. The van der Waals surface area contributed by atoms with Crippen LogP contribution in [0.4, 0.5) is 0 Å². The Balaban J connectivity index is 1.39. The normalized spacial score (nSPS) is 23.3. The summed E-state index contributed by atoms with van der Waals surface area (Å²) >= 11 is 0. The fraction of sp³-hybridized carbons (Fsp3) is 0.650. The molecule has 25 heavy (non-hydrogen) atoms. The lowest BCUT2D eigenvalue weighted by Crippen LogP contribution is -2.43. The molecule has 0 N–H and O–H groups in total. The molecule has 136 valence electrons. The van der Waals surface area contributed by atoms with Crippen LogP contribution in [0.5, 0.6) is 0 Å². The molecule has 0 radical (unpaired) electrons. The summed E-state index contributed by atoms with van der Waals surface area (Å²) in [5, 5.41) is 0. The molecule has 2 aromatic rings. The summed E-state index contributed by atoms with van der Waals surface area (Å²) in [6.45, 7) is 9.51. The molecular weight excluding hydrogens is 312 g/mol. The zero-order valence-corrected chi connectivity index (χ0v) is 15.4. The van der Waals surface area contributed by atoms with Crippen LogP contribution < -0.4 is 0 Å². The van der Waals surface area contributed by atoms with Crippen LogP contribution in [0.2, 0.25) is 0 Å². The molecule has 4 rings (SSSR count). The maximum Gasteiger partial charge on any atom is 0.137 e. The highest BCUT2D eigenvalue weighted by molar-refractivity contribution is 5.41. The molecule has 0 aromatic carbocycles. The van der Waals surface area contributed by atoms with E-state index in [1.807, 2.05) is 0 Å².